The van der Waals surface area contributed by atoms with Gasteiger partial charge in [-0.05, 0) is 62.7 Å². The summed E-state index contributed by atoms with van der Waals surface area (Å²) in [6, 6.07) is 51.3. The van der Waals surface area contributed by atoms with E-state index in [1.807, 2.05) is 48.5 Å². The third kappa shape index (κ3) is 4.13. The van der Waals surface area contributed by atoms with Crippen molar-refractivity contribution in [2.24, 2.45) is 0 Å². The molecule has 6 aromatic carbocycles. The van der Waals surface area contributed by atoms with E-state index in [9.17, 15) is 0 Å². The van der Waals surface area contributed by atoms with E-state index in [0.29, 0.717) is 11.4 Å². The van der Waals surface area contributed by atoms with Gasteiger partial charge in [0.25, 0.3) is 0 Å². The van der Waals surface area contributed by atoms with Gasteiger partial charge in [0.05, 0.1) is 0 Å². The average molecular weight is 591 g/mol. The molecule has 0 bridgehead atoms. The molecule has 0 amide bonds. The SMILES string of the molecule is CC1(C)c2ccccc2-c2ccc(-c3ccc(-c4ccc5oc6c(-c7ccccc7)nc(-c7ccccc7)nc6c5c4)cc3)cc21. The molecular weight excluding hydrogens is 560 g/mol. The first-order chi connectivity index (χ1) is 22.5. The predicted octanol–water partition coefficient (Wildman–Crippen LogP) is 11.4. The molecule has 1 aliphatic carbocycles. The Balaban J connectivity index is 1.12. The summed E-state index contributed by atoms with van der Waals surface area (Å²) >= 11 is 0. The van der Waals surface area contributed by atoms with Gasteiger partial charge in [0, 0.05) is 21.9 Å². The molecule has 0 radical (unpaired) electrons. The van der Waals surface area contributed by atoms with Crippen LogP contribution in [-0.4, -0.2) is 9.97 Å². The molecule has 2 heterocycles. The molecule has 3 nitrogen and oxygen atoms in total. The lowest BCUT2D eigenvalue weighted by molar-refractivity contribution is 0.660. The quantitative estimate of drug-likeness (QED) is 0.205. The first kappa shape index (κ1) is 26.6. The summed E-state index contributed by atoms with van der Waals surface area (Å²) in [5, 5.41) is 0.980. The van der Waals surface area contributed by atoms with Crippen LogP contribution in [-0.2, 0) is 5.41 Å². The summed E-state index contributed by atoms with van der Waals surface area (Å²) in [6.45, 7) is 4.66. The van der Waals surface area contributed by atoms with Crippen LogP contribution in [0.4, 0.5) is 0 Å². The van der Waals surface area contributed by atoms with Gasteiger partial charge < -0.3 is 4.42 Å². The number of hydrogen-bond donors (Lipinski definition) is 0. The molecule has 9 rings (SSSR count). The van der Waals surface area contributed by atoms with E-state index in [4.69, 9.17) is 14.4 Å². The molecule has 3 heteroatoms. The topological polar surface area (TPSA) is 38.9 Å². The summed E-state index contributed by atoms with van der Waals surface area (Å²) in [4.78, 5) is 10.1. The van der Waals surface area contributed by atoms with Crippen molar-refractivity contribution in [1.29, 1.82) is 0 Å². The van der Waals surface area contributed by atoms with Gasteiger partial charge in [-0.1, -0.05) is 141 Å². The molecule has 2 aromatic heterocycles. The minimum absolute atomic E-state index is 0.0189. The van der Waals surface area contributed by atoms with Crippen LogP contribution in [0.15, 0.2) is 150 Å². The number of nitrogens with zero attached hydrogens (tertiary/aromatic N) is 2. The summed E-state index contributed by atoms with van der Waals surface area (Å²) in [5.74, 6) is 0.685. The highest BCUT2D eigenvalue weighted by Crippen LogP contribution is 2.49. The molecule has 0 saturated heterocycles. The fourth-order valence-corrected chi connectivity index (χ4v) is 7.07. The zero-order chi connectivity index (χ0) is 30.8. The minimum atomic E-state index is -0.0189. The fourth-order valence-electron chi connectivity index (χ4n) is 7.07. The molecule has 8 aromatic rings. The van der Waals surface area contributed by atoms with Crippen molar-refractivity contribution in [2.45, 2.75) is 19.3 Å². The largest absolute Gasteiger partial charge is 0.452 e. The van der Waals surface area contributed by atoms with Gasteiger partial charge >= 0.3 is 0 Å². The Kier molecular flexibility index (Phi) is 5.85. The minimum Gasteiger partial charge on any atom is -0.452 e. The van der Waals surface area contributed by atoms with Crippen LogP contribution in [0.25, 0.3) is 78.1 Å². The van der Waals surface area contributed by atoms with Crippen molar-refractivity contribution in [3.63, 3.8) is 0 Å². The highest BCUT2D eigenvalue weighted by molar-refractivity contribution is 6.08. The molecule has 0 spiro atoms. The molecule has 0 N–H and O–H groups in total. The molecule has 46 heavy (non-hydrogen) atoms. The number of rotatable bonds is 4. The molecule has 0 fully saturated rings. The molecule has 218 valence electrons. The van der Waals surface area contributed by atoms with Crippen molar-refractivity contribution in [1.82, 2.24) is 9.97 Å². The predicted molar refractivity (Wildman–Crippen MR) is 189 cm³/mol. The maximum absolute atomic E-state index is 6.45. The van der Waals surface area contributed by atoms with Crippen LogP contribution in [0.1, 0.15) is 25.0 Å². The molecule has 0 aliphatic heterocycles. The second-order valence-corrected chi connectivity index (χ2v) is 12.6. The zero-order valence-corrected chi connectivity index (χ0v) is 25.7. The monoisotopic (exact) mass is 590 g/mol. The number of furan rings is 1. The van der Waals surface area contributed by atoms with E-state index < -0.39 is 0 Å². The van der Waals surface area contributed by atoms with Gasteiger partial charge in [-0.2, -0.15) is 0 Å². The van der Waals surface area contributed by atoms with Crippen molar-refractivity contribution in [2.75, 3.05) is 0 Å². The fraction of sp³-hybridized carbons (Fsp3) is 0.0698. The Hall–Kier alpha value is -5.80. The first-order valence-electron chi connectivity index (χ1n) is 15.7. The second kappa shape index (κ2) is 10.1. The molecule has 0 unspecified atom stereocenters. The molecule has 0 saturated carbocycles. The lowest BCUT2D eigenvalue weighted by atomic mass is 9.81. The maximum atomic E-state index is 6.45. The highest BCUT2D eigenvalue weighted by atomic mass is 16.3. The van der Waals surface area contributed by atoms with E-state index in [-0.39, 0.29) is 5.41 Å². The number of aromatic nitrogens is 2. The number of fused-ring (bicyclic) bond motifs is 6. The lowest BCUT2D eigenvalue weighted by Gasteiger charge is -2.22. The molecule has 1 aliphatic rings. The molecule has 0 atom stereocenters. The smallest absolute Gasteiger partial charge is 0.180 e. The van der Waals surface area contributed by atoms with Gasteiger partial charge in [-0.3, -0.25) is 0 Å². The summed E-state index contributed by atoms with van der Waals surface area (Å²) < 4.78 is 6.45. The summed E-state index contributed by atoms with van der Waals surface area (Å²) in [6.07, 6.45) is 0. The third-order valence-corrected chi connectivity index (χ3v) is 9.53. The molecular formula is C43H30N2O. The van der Waals surface area contributed by atoms with E-state index in [1.165, 1.54) is 33.4 Å². The van der Waals surface area contributed by atoms with Crippen molar-refractivity contribution >= 4 is 22.1 Å². The lowest BCUT2D eigenvalue weighted by Crippen LogP contribution is -2.14. The Bertz CT molecular complexity index is 2420. The standard InChI is InChI=1S/C43H30N2O/c1-43(2)36-16-10-9-15-33(36)34-23-21-32(26-37(34)43)28-19-17-27(18-20-28)31-22-24-38-35(25-31)40-41(46-38)39(29-11-5-3-6-12-29)44-42(45-40)30-13-7-4-8-14-30/h3-26H,1-2H3. The van der Waals surface area contributed by atoms with Crippen molar-refractivity contribution < 1.29 is 4.42 Å². The Labute approximate surface area is 267 Å². The van der Waals surface area contributed by atoms with Crippen molar-refractivity contribution in [3.8, 4) is 56.0 Å². The van der Waals surface area contributed by atoms with Crippen LogP contribution >= 0.6 is 0 Å². The highest BCUT2D eigenvalue weighted by Gasteiger charge is 2.35. The van der Waals surface area contributed by atoms with E-state index in [0.717, 1.165) is 44.4 Å². The third-order valence-electron chi connectivity index (χ3n) is 9.53. The normalized spacial score (nSPS) is 13.2. The average Bonchev–Trinajstić information content (AvgIpc) is 3.60. The van der Waals surface area contributed by atoms with Gasteiger partial charge in [0.15, 0.2) is 11.4 Å². The van der Waals surface area contributed by atoms with Gasteiger partial charge in [0.1, 0.15) is 16.8 Å². The van der Waals surface area contributed by atoms with E-state index in [1.54, 1.807) is 0 Å². The van der Waals surface area contributed by atoms with Gasteiger partial charge in [-0.15, -0.1) is 0 Å². The Morgan fingerprint density at radius 3 is 1.80 bits per heavy atom. The van der Waals surface area contributed by atoms with Gasteiger partial charge in [-0.25, -0.2) is 9.97 Å². The summed E-state index contributed by atoms with van der Waals surface area (Å²) in [7, 11) is 0. The van der Waals surface area contributed by atoms with E-state index >= 15 is 0 Å². The second-order valence-electron chi connectivity index (χ2n) is 12.6. The maximum Gasteiger partial charge on any atom is 0.180 e. The van der Waals surface area contributed by atoms with Crippen LogP contribution in [0.2, 0.25) is 0 Å². The van der Waals surface area contributed by atoms with Crippen LogP contribution in [0, 0.1) is 0 Å². The zero-order valence-electron chi connectivity index (χ0n) is 25.7. The summed E-state index contributed by atoms with van der Waals surface area (Å²) in [5.41, 5.74) is 15.3. The number of hydrogen-bond acceptors (Lipinski definition) is 3. The Morgan fingerprint density at radius 1 is 0.478 bits per heavy atom. The van der Waals surface area contributed by atoms with Gasteiger partial charge in [0.2, 0.25) is 0 Å². The van der Waals surface area contributed by atoms with Crippen LogP contribution < -0.4 is 0 Å². The van der Waals surface area contributed by atoms with E-state index in [2.05, 4.69) is 111 Å². The first-order valence-corrected chi connectivity index (χ1v) is 15.7. The van der Waals surface area contributed by atoms with Crippen LogP contribution in [0.5, 0.6) is 0 Å². The van der Waals surface area contributed by atoms with Crippen LogP contribution in [0.3, 0.4) is 0 Å². The Morgan fingerprint density at radius 2 is 1.07 bits per heavy atom. The van der Waals surface area contributed by atoms with Crippen molar-refractivity contribution in [3.05, 3.63) is 157 Å². The number of benzene rings is 6.